The highest BCUT2D eigenvalue weighted by Gasteiger charge is 2.24. The Bertz CT molecular complexity index is 640. The van der Waals surface area contributed by atoms with Gasteiger partial charge in [-0.15, -0.1) is 0 Å². The van der Waals surface area contributed by atoms with Gasteiger partial charge in [0.2, 0.25) is 0 Å². The van der Waals surface area contributed by atoms with Crippen molar-refractivity contribution in [3.05, 3.63) is 22.9 Å². The first-order valence-electron chi connectivity index (χ1n) is 6.97. The molecule has 3 rings (SSSR count). The van der Waals surface area contributed by atoms with E-state index in [0.717, 1.165) is 25.9 Å². The summed E-state index contributed by atoms with van der Waals surface area (Å²) in [4.78, 5) is 19.0. The first-order chi connectivity index (χ1) is 9.70. The molecule has 1 atom stereocenters. The van der Waals surface area contributed by atoms with Crippen LogP contribution in [0, 0.1) is 6.20 Å². The van der Waals surface area contributed by atoms with E-state index in [2.05, 4.69) is 33.2 Å². The van der Waals surface area contributed by atoms with Gasteiger partial charge in [0.05, 0.1) is 6.33 Å². The molecule has 0 aliphatic carbocycles. The molecule has 3 N–H and O–H groups in total. The molecule has 0 spiro atoms. The van der Waals surface area contributed by atoms with E-state index in [1.165, 1.54) is 0 Å². The van der Waals surface area contributed by atoms with Crippen molar-refractivity contribution in [3.8, 4) is 0 Å². The summed E-state index contributed by atoms with van der Waals surface area (Å²) >= 11 is 0. The van der Waals surface area contributed by atoms with E-state index in [1.54, 1.807) is 10.9 Å². The molecule has 3 heterocycles. The number of nitrogens with zero attached hydrogens (tertiary/aromatic N) is 4. The van der Waals surface area contributed by atoms with E-state index in [0.29, 0.717) is 23.6 Å². The Hall–Kier alpha value is -1.73. The Morgan fingerprint density at radius 2 is 2.30 bits per heavy atom. The number of hydrogen-bond acceptors (Lipinski definition) is 5. The second kappa shape index (κ2) is 5.34. The molecule has 7 nitrogen and oxygen atoms in total. The minimum absolute atomic E-state index is 0.0610. The molecular weight excluding hydrogens is 256 g/mol. The van der Waals surface area contributed by atoms with E-state index in [4.69, 9.17) is 5.73 Å². The number of fused-ring (bicyclic) bond motifs is 1. The van der Waals surface area contributed by atoms with Gasteiger partial charge in [-0.1, -0.05) is 0 Å². The number of aromatic nitrogens is 4. The lowest BCUT2D eigenvalue weighted by molar-refractivity contribution is 0.145. The van der Waals surface area contributed by atoms with Gasteiger partial charge in [0.25, 0.3) is 5.56 Å². The number of aromatic amines is 1. The van der Waals surface area contributed by atoms with E-state index in [1.807, 2.05) is 0 Å². The van der Waals surface area contributed by atoms with Gasteiger partial charge >= 0.3 is 0 Å². The Morgan fingerprint density at radius 3 is 3.00 bits per heavy atom. The molecule has 1 unspecified atom stereocenters. The van der Waals surface area contributed by atoms with Gasteiger partial charge in [0.1, 0.15) is 17.2 Å². The fourth-order valence-corrected chi connectivity index (χ4v) is 2.80. The number of nitrogens with one attached hydrogen (secondary N) is 1. The third-order valence-corrected chi connectivity index (χ3v) is 4.18. The smallest absolute Gasteiger partial charge is 0.279 e. The lowest BCUT2D eigenvalue weighted by atomic mass is 10.0. The SMILES string of the molecule is CC(CN)N1CCC(n2cnc3[c]n[nH]c3c2=O)CC1. The summed E-state index contributed by atoms with van der Waals surface area (Å²) in [6.07, 6.45) is 6.16. The van der Waals surface area contributed by atoms with Crippen molar-refractivity contribution in [2.75, 3.05) is 19.6 Å². The van der Waals surface area contributed by atoms with Gasteiger partial charge in [-0.05, 0) is 19.8 Å². The monoisotopic (exact) mass is 275 g/mol. The fourth-order valence-electron chi connectivity index (χ4n) is 2.80. The normalized spacial score (nSPS) is 19.5. The quantitative estimate of drug-likeness (QED) is 0.816. The minimum atomic E-state index is -0.0610. The van der Waals surface area contributed by atoms with Gasteiger partial charge in [-0.25, -0.2) is 4.98 Å². The molecule has 2 aromatic heterocycles. The summed E-state index contributed by atoms with van der Waals surface area (Å²) in [6.45, 7) is 4.73. The third kappa shape index (κ3) is 2.23. The summed E-state index contributed by atoms with van der Waals surface area (Å²) in [6, 6.07) is 0.597. The molecule has 0 aromatic carbocycles. The van der Waals surface area contributed by atoms with E-state index < -0.39 is 0 Å². The number of hydrogen-bond donors (Lipinski definition) is 2. The van der Waals surface area contributed by atoms with Crippen LogP contribution in [-0.2, 0) is 0 Å². The standard InChI is InChI=1S/C13H19N6O/c1-9(6-14)18-4-2-10(3-5-18)19-8-15-11-7-16-17-12(11)13(19)20/h8-10H,2-6,14H2,1H3,(H,16,17). The van der Waals surface area contributed by atoms with Crippen LogP contribution in [0.4, 0.5) is 0 Å². The van der Waals surface area contributed by atoms with Crippen LogP contribution in [0.1, 0.15) is 25.8 Å². The maximum atomic E-state index is 12.4. The van der Waals surface area contributed by atoms with Crippen LogP contribution >= 0.6 is 0 Å². The van der Waals surface area contributed by atoms with Crippen LogP contribution in [0.25, 0.3) is 11.0 Å². The highest BCUT2D eigenvalue weighted by atomic mass is 16.1. The van der Waals surface area contributed by atoms with Crippen molar-refractivity contribution in [2.45, 2.75) is 31.8 Å². The van der Waals surface area contributed by atoms with Crippen molar-refractivity contribution >= 4 is 11.0 Å². The lowest BCUT2D eigenvalue weighted by Gasteiger charge is -2.36. The molecule has 1 fully saturated rings. The second-order valence-electron chi connectivity index (χ2n) is 5.37. The molecule has 1 saturated heterocycles. The van der Waals surface area contributed by atoms with Crippen molar-refractivity contribution in [1.29, 1.82) is 0 Å². The van der Waals surface area contributed by atoms with Gasteiger partial charge in [0.15, 0.2) is 0 Å². The molecule has 1 aliphatic rings. The Balaban J connectivity index is 1.80. The first kappa shape index (κ1) is 13.3. The first-order valence-corrected chi connectivity index (χ1v) is 6.97. The van der Waals surface area contributed by atoms with Gasteiger partial charge in [-0.2, -0.15) is 5.10 Å². The average molecular weight is 275 g/mol. The van der Waals surface area contributed by atoms with E-state index in [-0.39, 0.29) is 11.6 Å². The number of likely N-dealkylation sites (tertiary alicyclic amines) is 1. The highest BCUT2D eigenvalue weighted by Crippen LogP contribution is 2.22. The van der Waals surface area contributed by atoms with Crippen LogP contribution in [-0.4, -0.2) is 50.3 Å². The van der Waals surface area contributed by atoms with Gasteiger partial charge in [-0.3, -0.25) is 19.4 Å². The third-order valence-electron chi connectivity index (χ3n) is 4.18. The lowest BCUT2D eigenvalue weighted by Crippen LogP contribution is -2.44. The number of H-pyrrole nitrogens is 1. The Labute approximate surface area is 116 Å². The molecule has 1 radical (unpaired) electrons. The zero-order chi connectivity index (χ0) is 14.1. The topological polar surface area (TPSA) is 92.8 Å². The summed E-state index contributed by atoms with van der Waals surface area (Å²) in [5, 5.41) is 6.42. The Morgan fingerprint density at radius 1 is 1.55 bits per heavy atom. The zero-order valence-corrected chi connectivity index (χ0v) is 11.5. The minimum Gasteiger partial charge on any atom is -0.329 e. The maximum Gasteiger partial charge on any atom is 0.279 e. The van der Waals surface area contributed by atoms with Crippen LogP contribution in [0.2, 0.25) is 0 Å². The van der Waals surface area contributed by atoms with Crippen molar-refractivity contribution in [1.82, 2.24) is 24.6 Å². The molecule has 0 bridgehead atoms. The summed E-state index contributed by atoms with van der Waals surface area (Å²) in [5.74, 6) is 0. The largest absolute Gasteiger partial charge is 0.329 e. The molecule has 0 amide bonds. The molecule has 1 aliphatic heterocycles. The Kier molecular flexibility index (Phi) is 3.54. The van der Waals surface area contributed by atoms with Crippen LogP contribution < -0.4 is 11.3 Å². The molecule has 2 aromatic rings. The van der Waals surface area contributed by atoms with Crippen LogP contribution in [0.5, 0.6) is 0 Å². The molecule has 20 heavy (non-hydrogen) atoms. The highest BCUT2D eigenvalue weighted by molar-refractivity contribution is 5.70. The van der Waals surface area contributed by atoms with Crippen molar-refractivity contribution in [2.24, 2.45) is 5.73 Å². The summed E-state index contributed by atoms with van der Waals surface area (Å²) in [7, 11) is 0. The van der Waals surface area contributed by atoms with Crippen LogP contribution in [0.3, 0.4) is 0 Å². The summed E-state index contributed by atoms with van der Waals surface area (Å²) in [5.41, 5.74) is 6.58. The fraction of sp³-hybridized carbons (Fsp3) is 0.615. The zero-order valence-electron chi connectivity index (χ0n) is 11.5. The van der Waals surface area contributed by atoms with Gasteiger partial charge in [0, 0.05) is 31.7 Å². The molecule has 0 saturated carbocycles. The predicted molar refractivity (Wildman–Crippen MR) is 75.3 cm³/mol. The maximum absolute atomic E-state index is 12.4. The van der Waals surface area contributed by atoms with Crippen molar-refractivity contribution in [3.63, 3.8) is 0 Å². The number of nitrogens with two attached hydrogens (primary N) is 1. The average Bonchev–Trinajstić information content (AvgIpc) is 2.96. The number of piperidine rings is 1. The number of rotatable bonds is 3. The van der Waals surface area contributed by atoms with Gasteiger partial charge < -0.3 is 5.73 Å². The van der Waals surface area contributed by atoms with E-state index in [9.17, 15) is 4.79 Å². The van der Waals surface area contributed by atoms with Crippen LogP contribution in [0.15, 0.2) is 11.1 Å². The van der Waals surface area contributed by atoms with E-state index >= 15 is 0 Å². The molecular formula is C13H19N6O. The molecule has 7 heteroatoms. The second-order valence-corrected chi connectivity index (χ2v) is 5.37. The van der Waals surface area contributed by atoms with Crippen molar-refractivity contribution < 1.29 is 0 Å². The molecule has 107 valence electrons. The predicted octanol–water partition coefficient (Wildman–Crippen LogP) is -0.0961. The summed E-state index contributed by atoms with van der Waals surface area (Å²) < 4.78 is 1.72.